The molecule has 1 unspecified atom stereocenters. The lowest BCUT2D eigenvalue weighted by Crippen LogP contribution is -2.54. The second kappa shape index (κ2) is 8.14. The summed E-state index contributed by atoms with van der Waals surface area (Å²) in [7, 11) is 0. The number of aromatic nitrogens is 3. The first-order valence-electron chi connectivity index (χ1n) is 10.7. The Morgan fingerprint density at radius 3 is 2.62 bits per heavy atom. The summed E-state index contributed by atoms with van der Waals surface area (Å²) in [4.78, 5) is 62.1. The standard InChI is InChI=1S/C24H19N5O5/c1-13(30)15-4-2-3-14(9-15)11-28-12-19(26-27-28)16-5-6-17-18(10-16)24(34)29(23(17)33)20-7-8-21(31)25-22(20)32/h2-6,9-10,12,20H,7-8,11H2,1H3,(H,25,31,32). The highest BCUT2D eigenvalue weighted by Crippen LogP contribution is 2.30. The number of amides is 4. The Balaban J connectivity index is 1.38. The molecule has 4 amide bonds. The van der Waals surface area contributed by atoms with Gasteiger partial charge < -0.3 is 0 Å². The number of carbonyl (C=O) groups excluding carboxylic acids is 5. The van der Waals surface area contributed by atoms with Gasteiger partial charge in [-0.1, -0.05) is 29.5 Å². The molecule has 1 atom stereocenters. The number of hydrogen-bond acceptors (Lipinski definition) is 7. The van der Waals surface area contributed by atoms with Crippen molar-refractivity contribution >= 4 is 29.4 Å². The molecule has 0 radical (unpaired) electrons. The third-order valence-electron chi connectivity index (χ3n) is 5.95. The third kappa shape index (κ3) is 3.68. The van der Waals surface area contributed by atoms with Gasteiger partial charge in [-0.25, -0.2) is 4.68 Å². The molecule has 10 heteroatoms. The van der Waals surface area contributed by atoms with E-state index in [-0.39, 0.29) is 29.8 Å². The topological polar surface area (TPSA) is 131 Å². The van der Waals surface area contributed by atoms with Crippen LogP contribution in [0.1, 0.15) is 56.4 Å². The Hall–Kier alpha value is -4.47. The Morgan fingerprint density at radius 1 is 1.06 bits per heavy atom. The van der Waals surface area contributed by atoms with Crippen LogP contribution in [0.2, 0.25) is 0 Å². The van der Waals surface area contributed by atoms with E-state index in [4.69, 9.17) is 0 Å². The highest BCUT2D eigenvalue weighted by molar-refractivity contribution is 6.23. The van der Waals surface area contributed by atoms with E-state index >= 15 is 0 Å². The molecule has 1 aromatic heterocycles. The van der Waals surface area contributed by atoms with E-state index in [0.717, 1.165) is 10.5 Å². The Labute approximate surface area is 193 Å². The van der Waals surface area contributed by atoms with Crippen LogP contribution in [0.3, 0.4) is 0 Å². The van der Waals surface area contributed by atoms with Gasteiger partial charge >= 0.3 is 0 Å². The molecule has 1 saturated heterocycles. The minimum absolute atomic E-state index is 0.0233. The number of fused-ring (bicyclic) bond motifs is 1. The average Bonchev–Trinajstić information content (AvgIpc) is 3.37. The molecule has 0 bridgehead atoms. The van der Waals surface area contributed by atoms with E-state index in [1.807, 2.05) is 6.07 Å². The highest BCUT2D eigenvalue weighted by atomic mass is 16.2. The van der Waals surface area contributed by atoms with Gasteiger partial charge in [0.1, 0.15) is 11.7 Å². The first kappa shape index (κ1) is 21.4. The van der Waals surface area contributed by atoms with Crippen molar-refractivity contribution < 1.29 is 24.0 Å². The molecule has 5 rings (SSSR count). The molecule has 3 heterocycles. The zero-order valence-corrected chi connectivity index (χ0v) is 18.1. The summed E-state index contributed by atoms with van der Waals surface area (Å²) in [6, 6.07) is 11.0. The molecule has 3 aromatic rings. The molecule has 2 aromatic carbocycles. The van der Waals surface area contributed by atoms with Crippen LogP contribution in [-0.2, 0) is 16.1 Å². The highest BCUT2D eigenvalue weighted by Gasteiger charge is 2.44. The average molecular weight is 457 g/mol. The van der Waals surface area contributed by atoms with Gasteiger partial charge in [-0.2, -0.15) is 0 Å². The first-order valence-corrected chi connectivity index (χ1v) is 10.7. The second-order valence-electron chi connectivity index (χ2n) is 8.27. The van der Waals surface area contributed by atoms with Crippen LogP contribution >= 0.6 is 0 Å². The predicted molar refractivity (Wildman–Crippen MR) is 118 cm³/mol. The van der Waals surface area contributed by atoms with Gasteiger partial charge in [0, 0.05) is 17.5 Å². The van der Waals surface area contributed by atoms with Gasteiger partial charge in [0.05, 0.1) is 23.9 Å². The molecule has 0 aliphatic carbocycles. The number of piperidine rings is 1. The van der Waals surface area contributed by atoms with Crippen molar-refractivity contribution in [2.75, 3.05) is 0 Å². The molecular weight excluding hydrogens is 438 g/mol. The molecule has 1 N–H and O–H groups in total. The van der Waals surface area contributed by atoms with Crippen molar-refractivity contribution in [2.24, 2.45) is 0 Å². The van der Waals surface area contributed by atoms with E-state index in [0.29, 0.717) is 23.4 Å². The number of Topliss-reactive ketones (excluding diaryl/α,β-unsaturated/α-hetero) is 1. The van der Waals surface area contributed by atoms with Crippen LogP contribution in [-0.4, -0.2) is 55.3 Å². The molecule has 10 nitrogen and oxygen atoms in total. The molecular formula is C24H19N5O5. The predicted octanol–water partition coefficient (Wildman–Crippen LogP) is 1.60. The van der Waals surface area contributed by atoms with Crippen LogP contribution in [0.5, 0.6) is 0 Å². The van der Waals surface area contributed by atoms with E-state index in [9.17, 15) is 24.0 Å². The van der Waals surface area contributed by atoms with Gasteiger partial charge in [0.25, 0.3) is 11.8 Å². The summed E-state index contributed by atoms with van der Waals surface area (Å²) >= 11 is 0. The summed E-state index contributed by atoms with van der Waals surface area (Å²) in [5.41, 5.74) is 2.97. The van der Waals surface area contributed by atoms with E-state index in [2.05, 4.69) is 15.6 Å². The maximum Gasteiger partial charge on any atom is 0.262 e. The molecule has 0 saturated carbocycles. The largest absolute Gasteiger partial charge is 0.295 e. The van der Waals surface area contributed by atoms with Crippen LogP contribution in [0, 0.1) is 0 Å². The van der Waals surface area contributed by atoms with Crippen molar-refractivity contribution in [3.05, 3.63) is 70.9 Å². The first-order chi connectivity index (χ1) is 16.3. The van der Waals surface area contributed by atoms with Crippen molar-refractivity contribution in [1.82, 2.24) is 25.2 Å². The number of benzene rings is 2. The molecule has 2 aliphatic rings. The normalized spacial score (nSPS) is 17.7. The molecule has 1 fully saturated rings. The van der Waals surface area contributed by atoms with E-state index < -0.39 is 29.7 Å². The zero-order valence-electron chi connectivity index (χ0n) is 18.1. The lowest BCUT2D eigenvalue weighted by atomic mass is 10.0. The summed E-state index contributed by atoms with van der Waals surface area (Å²) in [6.07, 6.45) is 1.87. The van der Waals surface area contributed by atoms with E-state index in [1.165, 1.54) is 13.0 Å². The maximum absolute atomic E-state index is 13.0. The quantitative estimate of drug-likeness (QED) is 0.455. The second-order valence-corrected chi connectivity index (χ2v) is 8.27. The molecule has 34 heavy (non-hydrogen) atoms. The van der Waals surface area contributed by atoms with Crippen molar-refractivity contribution in [2.45, 2.75) is 32.4 Å². The van der Waals surface area contributed by atoms with Crippen LogP contribution in [0.4, 0.5) is 0 Å². The molecule has 0 spiro atoms. The number of rotatable bonds is 5. The minimum Gasteiger partial charge on any atom is -0.295 e. The molecule has 2 aliphatic heterocycles. The number of ketones is 1. The lowest BCUT2D eigenvalue weighted by molar-refractivity contribution is -0.136. The van der Waals surface area contributed by atoms with Gasteiger partial charge in [0.15, 0.2) is 5.78 Å². The smallest absolute Gasteiger partial charge is 0.262 e. The summed E-state index contributed by atoms with van der Waals surface area (Å²) in [5.74, 6) is -2.23. The fourth-order valence-electron chi connectivity index (χ4n) is 4.21. The fourth-order valence-corrected chi connectivity index (χ4v) is 4.21. The van der Waals surface area contributed by atoms with Gasteiger partial charge in [0.2, 0.25) is 11.8 Å². The molecule has 170 valence electrons. The summed E-state index contributed by atoms with van der Waals surface area (Å²) < 4.78 is 1.62. The fraction of sp³-hybridized carbons (Fsp3) is 0.208. The summed E-state index contributed by atoms with van der Waals surface area (Å²) in [5, 5.41) is 10.5. The minimum atomic E-state index is -1.01. The van der Waals surface area contributed by atoms with E-state index in [1.54, 1.807) is 41.2 Å². The van der Waals surface area contributed by atoms with Crippen LogP contribution < -0.4 is 5.32 Å². The Morgan fingerprint density at radius 2 is 1.85 bits per heavy atom. The van der Waals surface area contributed by atoms with Gasteiger partial charge in [-0.15, -0.1) is 5.10 Å². The lowest BCUT2D eigenvalue weighted by Gasteiger charge is -2.27. The number of carbonyl (C=O) groups is 5. The van der Waals surface area contributed by atoms with Crippen molar-refractivity contribution in [3.63, 3.8) is 0 Å². The third-order valence-corrected chi connectivity index (χ3v) is 5.95. The number of nitrogens with zero attached hydrogens (tertiary/aromatic N) is 4. The number of nitrogens with one attached hydrogen (secondary N) is 1. The summed E-state index contributed by atoms with van der Waals surface area (Å²) in [6.45, 7) is 1.91. The van der Waals surface area contributed by atoms with Gasteiger partial charge in [-0.05, 0) is 37.1 Å². The zero-order chi connectivity index (χ0) is 24.0. The van der Waals surface area contributed by atoms with Crippen LogP contribution in [0.15, 0.2) is 48.7 Å². The van der Waals surface area contributed by atoms with Crippen molar-refractivity contribution in [3.8, 4) is 11.3 Å². The van der Waals surface area contributed by atoms with Crippen LogP contribution in [0.25, 0.3) is 11.3 Å². The Kier molecular flexibility index (Phi) is 5.12. The maximum atomic E-state index is 13.0. The number of imide groups is 2. The van der Waals surface area contributed by atoms with Crippen molar-refractivity contribution in [1.29, 1.82) is 0 Å². The number of hydrogen-bond donors (Lipinski definition) is 1. The SMILES string of the molecule is CC(=O)c1cccc(Cn2cc(-c3ccc4c(c3)C(=O)N(C3CCC(=O)NC3=O)C4=O)nn2)c1. The Bertz CT molecular complexity index is 1390. The van der Waals surface area contributed by atoms with Gasteiger partial charge in [-0.3, -0.25) is 34.2 Å². The monoisotopic (exact) mass is 457 g/mol.